The molecule has 1 unspecified atom stereocenters. The first-order chi connectivity index (χ1) is 7.35. The molecule has 1 atom stereocenters. The predicted octanol–water partition coefficient (Wildman–Crippen LogP) is 3.05. The van der Waals surface area contributed by atoms with Crippen LogP contribution in [0.3, 0.4) is 0 Å². The fourth-order valence-electron chi connectivity index (χ4n) is 1.92. The Morgan fingerprint density at radius 1 is 1.31 bits per heavy atom. The lowest BCUT2D eigenvalue weighted by Crippen LogP contribution is -2.24. The van der Waals surface area contributed by atoms with Crippen LogP contribution in [0.2, 0.25) is 0 Å². The van der Waals surface area contributed by atoms with Crippen molar-refractivity contribution >= 4 is 7.60 Å². The van der Waals surface area contributed by atoms with Crippen molar-refractivity contribution in [3.8, 4) is 6.07 Å². The number of hydrogen-bond donors (Lipinski definition) is 2. The van der Waals surface area contributed by atoms with Crippen LogP contribution < -0.4 is 0 Å². The van der Waals surface area contributed by atoms with E-state index in [2.05, 4.69) is 6.07 Å². The molecule has 0 aliphatic rings. The van der Waals surface area contributed by atoms with E-state index in [0.717, 1.165) is 6.42 Å². The molecule has 0 amide bonds. The average molecular weight is 247 g/mol. The van der Waals surface area contributed by atoms with Gasteiger partial charge in [0.1, 0.15) is 0 Å². The van der Waals surface area contributed by atoms with Crippen LogP contribution in [0.4, 0.5) is 0 Å². The second-order valence-corrected chi connectivity index (χ2v) is 6.24. The van der Waals surface area contributed by atoms with Gasteiger partial charge in [-0.2, -0.15) is 5.26 Å². The largest absolute Gasteiger partial charge is 0.328 e. The summed E-state index contributed by atoms with van der Waals surface area (Å²) in [5.41, 5.74) is -1.25. The van der Waals surface area contributed by atoms with E-state index in [0.29, 0.717) is 25.7 Å². The van der Waals surface area contributed by atoms with Crippen LogP contribution in [0.25, 0.3) is 0 Å². The van der Waals surface area contributed by atoms with E-state index in [1.165, 1.54) is 0 Å². The van der Waals surface area contributed by atoms with Crippen LogP contribution in [0.15, 0.2) is 0 Å². The van der Waals surface area contributed by atoms with Crippen LogP contribution in [-0.2, 0) is 4.57 Å². The molecule has 0 aromatic heterocycles. The summed E-state index contributed by atoms with van der Waals surface area (Å²) in [6.45, 7) is 5.69. The molecule has 5 heteroatoms. The zero-order valence-electron chi connectivity index (χ0n) is 10.3. The minimum absolute atomic E-state index is 0.300. The Morgan fingerprint density at radius 2 is 1.81 bits per heavy atom. The molecule has 0 rings (SSSR count). The van der Waals surface area contributed by atoms with Crippen molar-refractivity contribution in [3.63, 3.8) is 0 Å². The summed E-state index contributed by atoms with van der Waals surface area (Å²) < 4.78 is 11.3. The number of hydrogen-bond acceptors (Lipinski definition) is 2. The molecule has 0 spiro atoms. The van der Waals surface area contributed by atoms with E-state index >= 15 is 0 Å². The smallest absolute Gasteiger partial charge is 0.324 e. The van der Waals surface area contributed by atoms with Crippen molar-refractivity contribution in [2.75, 3.05) is 0 Å². The van der Waals surface area contributed by atoms with Crippen molar-refractivity contribution in [1.82, 2.24) is 0 Å². The Bertz CT molecular complexity index is 288. The van der Waals surface area contributed by atoms with Crippen molar-refractivity contribution in [3.05, 3.63) is 0 Å². The van der Waals surface area contributed by atoms with Crippen LogP contribution in [-0.4, -0.2) is 15.4 Å². The van der Waals surface area contributed by atoms with Crippen molar-refractivity contribution in [1.29, 1.82) is 5.26 Å². The molecule has 0 saturated carbocycles. The van der Waals surface area contributed by atoms with Gasteiger partial charge < -0.3 is 9.79 Å². The molecule has 0 aliphatic heterocycles. The summed E-state index contributed by atoms with van der Waals surface area (Å²) in [4.78, 5) is 18.5. The standard InChI is InChI=1S/C11H22NO3P/c1-4-7-10(16(13,14)15)8-11(5-2,6-3)9-12/h10H,4-8H2,1-3H3,(H2,13,14,15). The Morgan fingerprint density at radius 3 is 2.06 bits per heavy atom. The molecule has 0 radical (unpaired) electrons. The normalized spacial score (nSPS) is 14.5. The average Bonchev–Trinajstić information content (AvgIpc) is 2.23. The van der Waals surface area contributed by atoms with Gasteiger partial charge in [0, 0.05) is 0 Å². The number of nitrogens with zero attached hydrogens (tertiary/aromatic N) is 1. The van der Waals surface area contributed by atoms with E-state index in [-0.39, 0.29) is 0 Å². The topological polar surface area (TPSA) is 81.3 Å². The first kappa shape index (κ1) is 15.6. The summed E-state index contributed by atoms with van der Waals surface area (Å²) in [7, 11) is -4.08. The van der Waals surface area contributed by atoms with Gasteiger partial charge in [0.15, 0.2) is 0 Å². The van der Waals surface area contributed by atoms with Gasteiger partial charge >= 0.3 is 7.60 Å². The maximum absolute atomic E-state index is 11.3. The van der Waals surface area contributed by atoms with Gasteiger partial charge in [-0.1, -0.05) is 27.2 Å². The number of nitriles is 1. The Labute approximate surface area is 97.8 Å². The van der Waals surface area contributed by atoms with E-state index in [4.69, 9.17) is 5.26 Å². The fraction of sp³-hybridized carbons (Fsp3) is 0.909. The second kappa shape index (κ2) is 6.39. The molecule has 0 aliphatic carbocycles. The SMILES string of the molecule is CCCC(CC(C#N)(CC)CC)P(=O)(O)O. The van der Waals surface area contributed by atoms with Crippen LogP contribution in [0.1, 0.15) is 52.9 Å². The third-order valence-corrected chi connectivity index (χ3v) is 4.71. The molecule has 0 aromatic rings. The van der Waals surface area contributed by atoms with Crippen molar-refractivity contribution in [2.24, 2.45) is 5.41 Å². The van der Waals surface area contributed by atoms with E-state index in [9.17, 15) is 14.4 Å². The highest BCUT2D eigenvalue weighted by atomic mass is 31.2. The highest BCUT2D eigenvalue weighted by Crippen LogP contribution is 2.49. The molecule has 0 heterocycles. The minimum Gasteiger partial charge on any atom is -0.324 e. The maximum atomic E-state index is 11.3. The van der Waals surface area contributed by atoms with Gasteiger partial charge in [0.2, 0.25) is 0 Å². The quantitative estimate of drug-likeness (QED) is 0.677. The van der Waals surface area contributed by atoms with Gasteiger partial charge in [-0.25, -0.2) is 0 Å². The first-order valence-electron chi connectivity index (χ1n) is 5.81. The molecular weight excluding hydrogens is 225 g/mol. The Balaban J connectivity index is 4.87. The van der Waals surface area contributed by atoms with E-state index in [1.54, 1.807) is 0 Å². The van der Waals surface area contributed by atoms with Crippen LogP contribution >= 0.6 is 7.60 Å². The molecule has 0 bridgehead atoms. The minimum atomic E-state index is -4.08. The summed E-state index contributed by atoms with van der Waals surface area (Å²) in [5.74, 6) is 0. The lowest BCUT2D eigenvalue weighted by molar-refractivity contribution is 0.289. The predicted molar refractivity (Wildman–Crippen MR) is 64.0 cm³/mol. The van der Waals surface area contributed by atoms with Gasteiger partial charge in [-0.3, -0.25) is 4.57 Å². The summed E-state index contributed by atoms with van der Waals surface area (Å²) in [6, 6.07) is 2.23. The van der Waals surface area contributed by atoms with Gasteiger partial charge in [-0.15, -0.1) is 0 Å². The number of rotatable bonds is 7. The van der Waals surface area contributed by atoms with E-state index in [1.807, 2.05) is 20.8 Å². The lowest BCUT2D eigenvalue weighted by Gasteiger charge is -2.29. The highest BCUT2D eigenvalue weighted by molar-refractivity contribution is 7.52. The highest BCUT2D eigenvalue weighted by Gasteiger charge is 2.37. The van der Waals surface area contributed by atoms with Crippen LogP contribution in [0, 0.1) is 16.7 Å². The van der Waals surface area contributed by atoms with Gasteiger partial charge in [0.25, 0.3) is 0 Å². The first-order valence-corrected chi connectivity index (χ1v) is 7.49. The summed E-state index contributed by atoms with van der Waals surface area (Å²) >= 11 is 0. The maximum Gasteiger partial charge on any atom is 0.328 e. The van der Waals surface area contributed by atoms with Crippen molar-refractivity contribution in [2.45, 2.75) is 58.5 Å². The monoisotopic (exact) mass is 247 g/mol. The molecule has 0 saturated heterocycles. The molecule has 0 aromatic carbocycles. The zero-order chi connectivity index (χ0) is 12.8. The van der Waals surface area contributed by atoms with Crippen molar-refractivity contribution < 1.29 is 14.4 Å². The van der Waals surface area contributed by atoms with Crippen LogP contribution in [0.5, 0.6) is 0 Å². The lowest BCUT2D eigenvalue weighted by atomic mass is 9.79. The molecule has 94 valence electrons. The Hall–Kier alpha value is -0.360. The fourth-order valence-corrected chi connectivity index (χ4v) is 3.10. The molecule has 16 heavy (non-hydrogen) atoms. The van der Waals surface area contributed by atoms with Gasteiger partial charge in [0.05, 0.1) is 17.1 Å². The Kier molecular flexibility index (Phi) is 6.25. The van der Waals surface area contributed by atoms with Gasteiger partial charge in [-0.05, 0) is 25.7 Å². The molecule has 0 fully saturated rings. The second-order valence-electron chi connectivity index (χ2n) is 4.33. The summed E-state index contributed by atoms with van der Waals surface area (Å²) in [6.07, 6.45) is 2.79. The molecule has 2 N–H and O–H groups in total. The molecule has 4 nitrogen and oxygen atoms in total. The third kappa shape index (κ3) is 4.25. The van der Waals surface area contributed by atoms with E-state index < -0.39 is 18.7 Å². The third-order valence-electron chi connectivity index (χ3n) is 3.31. The zero-order valence-corrected chi connectivity index (χ0v) is 11.2. The summed E-state index contributed by atoms with van der Waals surface area (Å²) in [5, 5.41) is 9.16. The molecular formula is C11H22NO3P.